The number of hydrogen-bond acceptors (Lipinski definition) is 7. The number of carbonyl (C=O) groups excluding carboxylic acids is 1. The molecular weight excluding hydrogens is 330 g/mol. The van der Waals surface area contributed by atoms with Gasteiger partial charge in [-0.3, -0.25) is 19.8 Å². The van der Waals surface area contributed by atoms with Crippen molar-refractivity contribution in [1.82, 2.24) is 4.90 Å². The predicted octanol–water partition coefficient (Wildman–Crippen LogP) is -1.63. The quantitative estimate of drug-likeness (QED) is 0.181. The molecule has 0 rings (SSSR count). The number of carbonyl (C=O) groups is 4. The molecule has 0 amide bonds. The van der Waals surface area contributed by atoms with Gasteiger partial charge >= 0.3 is 23.9 Å². The van der Waals surface area contributed by atoms with E-state index >= 15 is 0 Å². The average Bonchev–Trinajstić information content (AvgIpc) is 2.45. The number of carboxylic acid groups (broad SMARTS) is 3. The summed E-state index contributed by atoms with van der Waals surface area (Å²) in [6.07, 6.45) is -1.44. The van der Waals surface area contributed by atoms with Gasteiger partial charge in [0.25, 0.3) is 0 Å². The third-order valence-corrected chi connectivity index (χ3v) is 1.91. The van der Waals surface area contributed by atoms with Gasteiger partial charge in [0, 0.05) is 7.05 Å². The molecule has 140 valence electrons. The zero-order valence-electron chi connectivity index (χ0n) is 13.6. The standard InChI is InChI=1S/C5H8O4.C4H9N3O2.C3H6O3/c1-9-5(8)3-2-4(6)7;1-7(4(5)6)2-3(8)9;1-2(4)3(5)6/h2-3H2,1H3,(H,6,7);2H2,1H3,(H3,5,6)(H,8,9);2,4H,1H3,(H,5,6). The highest BCUT2D eigenvalue weighted by molar-refractivity contribution is 5.80. The van der Waals surface area contributed by atoms with Gasteiger partial charge in [0.2, 0.25) is 0 Å². The number of likely N-dealkylation sites (N-methyl/N-ethyl adjacent to an activating group) is 1. The minimum atomic E-state index is -1.23. The van der Waals surface area contributed by atoms with Crippen molar-refractivity contribution in [2.75, 3.05) is 20.7 Å². The number of carboxylic acids is 3. The lowest BCUT2D eigenvalue weighted by Gasteiger charge is -2.12. The number of guanidine groups is 1. The zero-order valence-corrected chi connectivity index (χ0v) is 13.6. The van der Waals surface area contributed by atoms with Gasteiger partial charge in [-0.25, -0.2) is 4.79 Å². The van der Waals surface area contributed by atoms with Crippen LogP contribution in [0.4, 0.5) is 0 Å². The summed E-state index contributed by atoms with van der Waals surface area (Å²) in [5.74, 6) is -3.89. The fraction of sp³-hybridized carbons (Fsp3) is 0.583. The maximum Gasteiger partial charge on any atom is 0.332 e. The Labute approximate surface area is 137 Å². The van der Waals surface area contributed by atoms with Crippen molar-refractivity contribution >= 4 is 29.8 Å². The second kappa shape index (κ2) is 15.0. The maximum atomic E-state index is 10.2. The van der Waals surface area contributed by atoms with E-state index < -0.39 is 30.0 Å². The van der Waals surface area contributed by atoms with Gasteiger partial charge in [0.15, 0.2) is 5.96 Å². The number of nitrogens with zero attached hydrogens (tertiary/aromatic N) is 1. The second-order valence-electron chi connectivity index (χ2n) is 4.12. The predicted molar refractivity (Wildman–Crippen MR) is 80.4 cm³/mol. The fourth-order valence-electron chi connectivity index (χ4n) is 0.599. The van der Waals surface area contributed by atoms with Gasteiger partial charge in [-0.15, -0.1) is 0 Å². The number of aliphatic hydroxyl groups is 1. The van der Waals surface area contributed by atoms with Crippen LogP contribution in [0.1, 0.15) is 19.8 Å². The van der Waals surface area contributed by atoms with Crippen LogP contribution in [0.5, 0.6) is 0 Å². The van der Waals surface area contributed by atoms with E-state index in [1.807, 2.05) is 0 Å². The number of methoxy groups -OCH3 is 1. The second-order valence-corrected chi connectivity index (χ2v) is 4.12. The molecular formula is C12H23N3O9. The van der Waals surface area contributed by atoms with E-state index in [2.05, 4.69) is 4.74 Å². The molecule has 12 nitrogen and oxygen atoms in total. The molecule has 0 aromatic heterocycles. The molecule has 0 fully saturated rings. The lowest BCUT2D eigenvalue weighted by atomic mass is 10.3. The number of rotatable bonds is 6. The summed E-state index contributed by atoms with van der Waals surface area (Å²) in [4.78, 5) is 40.5. The van der Waals surface area contributed by atoms with E-state index in [0.29, 0.717) is 0 Å². The molecule has 0 aromatic carbocycles. The summed E-state index contributed by atoms with van der Waals surface area (Å²) in [5, 5.41) is 38.7. The van der Waals surface area contributed by atoms with Crippen LogP contribution in [0.25, 0.3) is 0 Å². The highest BCUT2D eigenvalue weighted by Gasteiger charge is 2.03. The minimum absolute atomic E-state index is 0.0498. The summed E-state index contributed by atoms with van der Waals surface area (Å²) in [6.45, 7) is 0.970. The van der Waals surface area contributed by atoms with Crippen LogP contribution < -0.4 is 5.73 Å². The molecule has 0 heterocycles. The minimum Gasteiger partial charge on any atom is -0.481 e. The molecule has 0 radical (unpaired) electrons. The third-order valence-electron chi connectivity index (χ3n) is 1.91. The molecule has 1 unspecified atom stereocenters. The van der Waals surface area contributed by atoms with Gasteiger partial charge in [0.1, 0.15) is 12.6 Å². The van der Waals surface area contributed by atoms with Crippen molar-refractivity contribution in [3.8, 4) is 0 Å². The van der Waals surface area contributed by atoms with Crippen molar-refractivity contribution in [2.24, 2.45) is 5.73 Å². The molecule has 1 atom stereocenters. The molecule has 12 heteroatoms. The van der Waals surface area contributed by atoms with Crippen molar-refractivity contribution in [2.45, 2.75) is 25.9 Å². The SMILES string of the molecule is CC(O)C(=O)O.CN(CC(=O)O)C(=N)N.COC(=O)CCC(=O)O. The van der Waals surface area contributed by atoms with Gasteiger partial charge < -0.3 is 35.8 Å². The Morgan fingerprint density at radius 3 is 1.71 bits per heavy atom. The first-order valence-corrected chi connectivity index (χ1v) is 6.31. The first-order valence-electron chi connectivity index (χ1n) is 6.31. The number of nitrogens with one attached hydrogen (secondary N) is 1. The Morgan fingerprint density at radius 1 is 1.12 bits per heavy atom. The Kier molecular flexibility index (Phi) is 16.3. The number of nitrogens with two attached hydrogens (primary N) is 1. The summed E-state index contributed by atoms with van der Waals surface area (Å²) in [6, 6.07) is 0. The van der Waals surface area contributed by atoms with Crippen LogP contribution >= 0.6 is 0 Å². The Bertz CT molecular complexity index is 435. The Balaban J connectivity index is -0.000000282. The molecule has 0 aliphatic rings. The molecule has 0 bridgehead atoms. The summed E-state index contributed by atoms with van der Waals surface area (Å²) in [7, 11) is 2.67. The van der Waals surface area contributed by atoms with E-state index in [0.717, 1.165) is 4.90 Å². The van der Waals surface area contributed by atoms with Crippen LogP contribution in [0.15, 0.2) is 0 Å². The van der Waals surface area contributed by atoms with Gasteiger partial charge in [0.05, 0.1) is 20.0 Å². The summed E-state index contributed by atoms with van der Waals surface area (Å²) < 4.78 is 4.20. The topological polar surface area (TPSA) is 212 Å². The first-order chi connectivity index (χ1) is 10.8. The van der Waals surface area contributed by atoms with Crippen LogP contribution in [0, 0.1) is 5.41 Å². The third kappa shape index (κ3) is 24.1. The molecule has 0 aliphatic heterocycles. The normalized spacial score (nSPS) is 9.83. The van der Waals surface area contributed by atoms with Gasteiger partial charge in [-0.05, 0) is 6.92 Å². The van der Waals surface area contributed by atoms with E-state index in [-0.39, 0.29) is 25.3 Å². The highest BCUT2D eigenvalue weighted by atomic mass is 16.5. The van der Waals surface area contributed by atoms with Gasteiger partial charge in [-0.2, -0.15) is 0 Å². The molecule has 0 aliphatic carbocycles. The average molecular weight is 353 g/mol. The smallest absolute Gasteiger partial charge is 0.332 e. The van der Waals surface area contributed by atoms with Crippen LogP contribution in [-0.2, 0) is 23.9 Å². The van der Waals surface area contributed by atoms with E-state index in [9.17, 15) is 19.2 Å². The maximum absolute atomic E-state index is 10.2. The van der Waals surface area contributed by atoms with Gasteiger partial charge in [-0.1, -0.05) is 0 Å². The van der Waals surface area contributed by atoms with Crippen LogP contribution in [-0.4, -0.2) is 82.0 Å². The molecule has 0 saturated carbocycles. The summed E-state index contributed by atoms with van der Waals surface area (Å²) >= 11 is 0. The van der Waals surface area contributed by atoms with Crippen LogP contribution in [0.2, 0.25) is 0 Å². The van der Waals surface area contributed by atoms with E-state index in [1.165, 1.54) is 21.1 Å². The van der Waals surface area contributed by atoms with E-state index in [4.69, 9.17) is 31.6 Å². The largest absolute Gasteiger partial charge is 0.481 e. The highest BCUT2D eigenvalue weighted by Crippen LogP contribution is 1.89. The number of ether oxygens (including phenoxy) is 1. The Hall–Kier alpha value is -2.89. The number of hydrogen-bond donors (Lipinski definition) is 6. The first kappa shape index (κ1) is 26.0. The number of aliphatic carboxylic acids is 3. The Morgan fingerprint density at radius 2 is 1.54 bits per heavy atom. The number of esters is 1. The molecule has 24 heavy (non-hydrogen) atoms. The molecule has 0 aromatic rings. The monoisotopic (exact) mass is 353 g/mol. The molecule has 0 spiro atoms. The number of aliphatic hydroxyl groups excluding tert-OH is 1. The molecule has 0 saturated heterocycles. The lowest BCUT2D eigenvalue weighted by Crippen LogP contribution is -2.36. The van der Waals surface area contributed by atoms with E-state index in [1.54, 1.807) is 0 Å². The van der Waals surface area contributed by atoms with Crippen molar-refractivity contribution in [1.29, 1.82) is 5.41 Å². The molecule has 7 N–H and O–H groups in total. The zero-order chi connectivity index (χ0) is 19.9. The van der Waals surface area contributed by atoms with Crippen LogP contribution in [0.3, 0.4) is 0 Å². The van der Waals surface area contributed by atoms with Crippen molar-refractivity contribution in [3.63, 3.8) is 0 Å². The lowest BCUT2D eigenvalue weighted by molar-refractivity contribution is -0.145. The fourth-order valence-corrected chi connectivity index (χ4v) is 0.599. The summed E-state index contributed by atoms with van der Waals surface area (Å²) in [5.41, 5.74) is 4.93. The van der Waals surface area contributed by atoms with Crippen molar-refractivity contribution in [3.05, 3.63) is 0 Å². The van der Waals surface area contributed by atoms with Crippen molar-refractivity contribution < 1.29 is 44.3 Å².